The number of hydrogen-bond donors (Lipinski definition) is 0. The van der Waals surface area contributed by atoms with Crippen molar-refractivity contribution in [3.05, 3.63) is 37.1 Å². The molecule has 0 bridgehead atoms. The van der Waals surface area contributed by atoms with Crippen molar-refractivity contribution >= 4 is 17.8 Å². The smallest absolute Gasteiger partial charge is 0.410 e. The number of hydrogen-bond acceptors (Lipinski definition) is 7. The van der Waals surface area contributed by atoms with E-state index in [0.29, 0.717) is 19.4 Å². The molecule has 4 heterocycles. The number of nitrogens with zero attached hydrogens (tertiary/aromatic N) is 4. The zero-order valence-corrected chi connectivity index (χ0v) is 28.8. The number of aryl methyl sites for hydroxylation is 1. The molecule has 2 saturated heterocycles. The predicted molar refractivity (Wildman–Crippen MR) is 174 cm³/mol. The van der Waals surface area contributed by atoms with E-state index in [2.05, 4.69) is 37.7 Å². The van der Waals surface area contributed by atoms with Crippen LogP contribution in [-0.2, 0) is 25.6 Å². The van der Waals surface area contributed by atoms with E-state index in [-0.39, 0.29) is 40.8 Å². The maximum absolute atomic E-state index is 14.1. The summed E-state index contributed by atoms with van der Waals surface area (Å²) in [5.41, 5.74) is 0.608. The Morgan fingerprint density at radius 2 is 1.62 bits per heavy atom. The lowest BCUT2D eigenvalue weighted by Crippen LogP contribution is -2.57. The topological polar surface area (TPSA) is 104 Å². The van der Waals surface area contributed by atoms with Gasteiger partial charge in [-0.25, -0.2) is 9.78 Å². The van der Waals surface area contributed by atoms with E-state index >= 15 is 0 Å². The Bertz CT molecular complexity index is 1330. The first-order valence-electron chi connectivity index (χ1n) is 16.9. The molecule has 2 aromatic heterocycles. The van der Waals surface area contributed by atoms with Crippen molar-refractivity contribution < 1.29 is 23.9 Å². The minimum atomic E-state index is -1.15. The number of ketones is 1. The van der Waals surface area contributed by atoms with Crippen LogP contribution in [0.1, 0.15) is 94.4 Å². The molecule has 0 unspecified atom stereocenters. The number of carbonyl (C=O) groups is 3. The van der Waals surface area contributed by atoms with Gasteiger partial charge in [-0.1, -0.05) is 55.4 Å². The van der Waals surface area contributed by atoms with Crippen LogP contribution in [0.15, 0.2) is 37.1 Å². The van der Waals surface area contributed by atoms with Crippen molar-refractivity contribution in [1.29, 1.82) is 0 Å². The number of fused-ring (bicyclic) bond motifs is 1. The van der Waals surface area contributed by atoms with Gasteiger partial charge in [-0.05, 0) is 68.4 Å². The summed E-state index contributed by atoms with van der Waals surface area (Å²) >= 11 is 0. The second kappa shape index (κ2) is 14.0. The van der Waals surface area contributed by atoms with Crippen LogP contribution >= 0.6 is 0 Å². The van der Waals surface area contributed by atoms with E-state index in [1.165, 1.54) is 0 Å². The van der Waals surface area contributed by atoms with Crippen molar-refractivity contribution in [2.24, 2.45) is 35.0 Å². The molecule has 0 spiro atoms. The number of pyridine rings is 1. The number of imidazole rings is 1. The molecule has 0 aromatic carbocycles. The summed E-state index contributed by atoms with van der Waals surface area (Å²) in [6, 6.07) is 3.32. The summed E-state index contributed by atoms with van der Waals surface area (Å²) in [4.78, 5) is 51.6. The molecular weight excluding hydrogens is 568 g/mol. The van der Waals surface area contributed by atoms with Crippen LogP contribution in [0.3, 0.4) is 0 Å². The Kier molecular flexibility index (Phi) is 10.8. The third kappa shape index (κ3) is 7.28. The summed E-state index contributed by atoms with van der Waals surface area (Å²) < 4.78 is 14.4. The molecule has 2 aliphatic heterocycles. The average molecular weight is 623 g/mol. The first-order valence-corrected chi connectivity index (χ1v) is 16.9. The fourth-order valence-corrected chi connectivity index (χ4v) is 7.54. The molecule has 45 heavy (non-hydrogen) atoms. The van der Waals surface area contributed by atoms with E-state index in [1.54, 1.807) is 17.3 Å². The van der Waals surface area contributed by atoms with Crippen LogP contribution in [0.2, 0.25) is 0 Å². The third-order valence-electron chi connectivity index (χ3n) is 11.2. The van der Waals surface area contributed by atoms with E-state index < -0.39 is 29.8 Å². The zero-order valence-electron chi connectivity index (χ0n) is 28.8. The van der Waals surface area contributed by atoms with Gasteiger partial charge in [-0.2, -0.15) is 0 Å². The summed E-state index contributed by atoms with van der Waals surface area (Å²) in [5.74, 6) is -0.601. The molecule has 2 fully saturated rings. The van der Waals surface area contributed by atoms with Gasteiger partial charge in [-0.3, -0.25) is 14.6 Å². The number of esters is 1. The maximum atomic E-state index is 14.1. The molecule has 2 aliphatic rings. The molecule has 9 heteroatoms. The number of amides is 1. The molecule has 248 valence electrons. The Morgan fingerprint density at radius 3 is 2.27 bits per heavy atom. The Hall–Kier alpha value is -3.23. The molecule has 2 aromatic rings. The van der Waals surface area contributed by atoms with Gasteiger partial charge in [0.15, 0.2) is 5.60 Å². The number of carbonyl (C=O) groups excluding carboxylic acids is 3. The van der Waals surface area contributed by atoms with Crippen LogP contribution < -0.4 is 0 Å². The minimum absolute atomic E-state index is 0.0679. The highest BCUT2D eigenvalue weighted by Gasteiger charge is 2.59. The molecule has 9 nitrogen and oxygen atoms in total. The first-order chi connectivity index (χ1) is 21.2. The van der Waals surface area contributed by atoms with Gasteiger partial charge in [0.1, 0.15) is 11.9 Å². The molecular formula is C36H54N4O5. The van der Waals surface area contributed by atoms with Gasteiger partial charge in [0.05, 0.1) is 24.0 Å². The van der Waals surface area contributed by atoms with Crippen molar-refractivity contribution in [1.82, 2.24) is 19.4 Å². The fourth-order valence-electron chi connectivity index (χ4n) is 7.54. The summed E-state index contributed by atoms with van der Waals surface area (Å²) in [5, 5.41) is 0. The van der Waals surface area contributed by atoms with Crippen LogP contribution in [0, 0.1) is 35.0 Å². The fraction of sp³-hybridized carbons (Fsp3) is 0.694. The van der Waals surface area contributed by atoms with E-state index in [1.807, 2.05) is 63.8 Å². The normalized spacial score (nSPS) is 32.9. The number of unbranched alkanes of at least 4 members (excludes halogenated alkanes) is 1. The lowest BCUT2D eigenvalue weighted by atomic mass is 9.65. The highest BCUT2D eigenvalue weighted by atomic mass is 16.6. The highest BCUT2D eigenvalue weighted by molar-refractivity contribution is 5.85. The van der Waals surface area contributed by atoms with Gasteiger partial charge < -0.3 is 18.9 Å². The number of Topliss-reactive ketones (excluding diaryl/α,β-unsaturated/α-hetero) is 1. The molecule has 0 N–H and O–H groups in total. The summed E-state index contributed by atoms with van der Waals surface area (Å²) in [6.45, 7) is 19.7. The molecule has 1 amide bonds. The van der Waals surface area contributed by atoms with Gasteiger partial charge in [0.2, 0.25) is 0 Å². The number of rotatable bonds is 7. The second-order valence-electron chi connectivity index (χ2n) is 14.6. The van der Waals surface area contributed by atoms with Crippen LogP contribution in [0.25, 0.3) is 11.3 Å². The predicted octanol–water partition coefficient (Wildman–Crippen LogP) is 7.20. The van der Waals surface area contributed by atoms with Crippen LogP contribution in [-0.4, -0.2) is 61.6 Å². The van der Waals surface area contributed by atoms with Crippen molar-refractivity contribution in [3.8, 4) is 11.3 Å². The van der Waals surface area contributed by atoms with Crippen LogP contribution in [0.4, 0.5) is 4.79 Å². The second-order valence-corrected chi connectivity index (χ2v) is 14.6. The van der Waals surface area contributed by atoms with E-state index in [9.17, 15) is 14.4 Å². The quantitative estimate of drug-likeness (QED) is 0.238. The zero-order chi connectivity index (χ0) is 33.1. The molecule has 0 aliphatic carbocycles. The number of aromatic nitrogens is 3. The molecule has 8 atom stereocenters. The maximum Gasteiger partial charge on any atom is 0.410 e. The van der Waals surface area contributed by atoms with E-state index in [4.69, 9.17) is 9.47 Å². The Labute approximate surface area is 269 Å². The number of cyclic esters (lactones) is 1. The number of ether oxygens (including phenoxy) is 2. The van der Waals surface area contributed by atoms with Gasteiger partial charge in [-0.15, -0.1) is 0 Å². The lowest BCUT2D eigenvalue weighted by Gasteiger charge is -2.43. The largest absolute Gasteiger partial charge is 0.458 e. The SMILES string of the molecule is CC[C@H]1OC(=O)[C@H](C)C[C@H](C)C(C)(C)[C@@H](C)C[C@@H](C)C(=O)[C@H](C)[C@H]2N(CCCCn3cnc(-c4cccnc4)c3)C(=O)O[C@]12C. The standard InChI is InChI=1S/C36H54N4O5/c1-10-30-36(9)32(27(6)31(41)23(2)18-25(4)35(7,8)26(5)19-24(3)33(42)44-30)40(34(43)45-36)17-12-11-16-39-21-29(38-22-39)28-14-13-15-37-20-28/h13-15,20-27,30,32H,10-12,16-19H2,1-9H3/t23-,24-,25+,26+,27+,30-,32-,36-/m1/s1. The molecule has 0 radical (unpaired) electrons. The summed E-state index contributed by atoms with van der Waals surface area (Å²) in [6.07, 6.45) is 9.67. The Balaban J connectivity index is 1.55. The molecule has 4 rings (SSSR count). The van der Waals surface area contributed by atoms with Gasteiger partial charge >= 0.3 is 12.1 Å². The molecule has 0 saturated carbocycles. The minimum Gasteiger partial charge on any atom is -0.458 e. The van der Waals surface area contributed by atoms with E-state index in [0.717, 1.165) is 37.1 Å². The van der Waals surface area contributed by atoms with Gasteiger partial charge in [0, 0.05) is 49.1 Å². The lowest BCUT2D eigenvalue weighted by molar-refractivity contribution is -0.170. The first kappa shape index (κ1) is 34.6. The monoisotopic (exact) mass is 622 g/mol. The van der Waals surface area contributed by atoms with Crippen molar-refractivity contribution in [2.45, 2.75) is 119 Å². The van der Waals surface area contributed by atoms with Crippen molar-refractivity contribution in [2.75, 3.05) is 6.54 Å². The van der Waals surface area contributed by atoms with Gasteiger partial charge in [0.25, 0.3) is 0 Å². The Morgan fingerprint density at radius 1 is 0.956 bits per heavy atom. The van der Waals surface area contributed by atoms with Crippen molar-refractivity contribution in [3.63, 3.8) is 0 Å². The third-order valence-corrected chi connectivity index (χ3v) is 11.2. The van der Waals surface area contributed by atoms with Crippen LogP contribution in [0.5, 0.6) is 0 Å². The summed E-state index contributed by atoms with van der Waals surface area (Å²) in [7, 11) is 0. The highest BCUT2D eigenvalue weighted by Crippen LogP contribution is 2.45. The average Bonchev–Trinajstić information content (AvgIpc) is 3.58.